The highest BCUT2D eigenvalue weighted by Gasteiger charge is 2.06. The average molecular weight is 403 g/mol. The average Bonchev–Trinajstić information content (AvgIpc) is 3.11. The van der Waals surface area contributed by atoms with Gasteiger partial charge in [0.1, 0.15) is 0 Å². The Hall–Kier alpha value is -2.14. The van der Waals surface area contributed by atoms with E-state index in [1.54, 1.807) is 24.3 Å². The molecule has 0 aliphatic heterocycles. The van der Waals surface area contributed by atoms with Crippen LogP contribution in [0, 0.1) is 0 Å². The Labute approximate surface area is 166 Å². The van der Waals surface area contributed by atoms with Crippen molar-refractivity contribution in [3.05, 3.63) is 75.1 Å². The minimum atomic E-state index is -0.252. The fourth-order valence-electron chi connectivity index (χ4n) is 2.31. The van der Waals surface area contributed by atoms with E-state index in [9.17, 15) is 4.79 Å². The molecule has 1 heterocycles. The Morgan fingerprint density at radius 1 is 1.15 bits per heavy atom. The lowest BCUT2D eigenvalue weighted by Crippen LogP contribution is -2.07. The van der Waals surface area contributed by atoms with Crippen molar-refractivity contribution in [1.29, 1.82) is 0 Å². The number of hydrogen-bond acceptors (Lipinski definition) is 3. The van der Waals surface area contributed by atoms with Gasteiger partial charge >= 0.3 is 0 Å². The highest BCUT2D eigenvalue weighted by molar-refractivity contribution is 7.14. The van der Waals surface area contributed by atoms with Crippen LogP contribution in [0.3, 0.4) is 0 Å². The van der Waals surface area contributed by atoms with Crippen LogP contribution in [0.4, 0.5) is 5.13 Å². The molecule has 1 N–H and O–H groups in total. The molecule has 1 aromatic heterocycles. The van der Waals surface area contributed by atoms with E-state index in [1.165, 1.54) is 23.0 Å². The molecule has 6 heteroatoms. The summed E-state index contributed by atoms with van der Waals surface area (Å²) in [4.78, 5) is 16.5. The molecule has 132 valence electrons. The molecule has 0 bridgehead atoms. The van der Waals surface area contributed by atoms with Gasteiger partial charge in [-0.2, -0.15) is 0 Å². The summed E-state index contributed by atoms with van der Waals surface area (Å²) in [5.41, 5.74) is 3.96. The number of nitrogens with one attached hydrogen (secondary N) is 1. The molecule has 3 rings (SSSR count). The van der Waals surface area contributed by atoms with Crippen molar-refractivity contribution in [3.63, 3.8) is 0 Å². The van der Waals surface area contributed by atoms with Crippen LogP contribution in [0.25, 0.3) is 17.3 Å². The minimum absolute atomic E-state index is 0.252. The molecule has 0 spiro atoms. The molecule has 0 aliphatic carbocycles. The zero-order chi connectivity index (χ0) is 18.5. The molecule has 2 aromatic carbocycles. The number of carbonyl (C=O) groups excluding carboxylic acids is 1. The summed E-state index contributed by atoms with van der Waals surface area (Å²) in [7, 11) is 0. The topological polar surface area (TPSA) is 42.0 Å². The lowest BCUT2D eigenvalue weighted by atomic mass is 10.1. The van der Waals surface area contributed by atoms with Crippen LogP contribution in [-0.4, -0.2) is 10.9 Å². The Morgan fingerprint density at radius 3 is 2.62 bits per heavy atom. The molecular formula is C20H16Cl2N2OS. The maximum Gasteiger partial charge on any atom is 0.250 e. The normalized spacial score (nSPS) is 11.0. The lowest BCUT2D eigenvalue weighted by molar-refractivity contribution is -0.111. The molecule has 0 saturated heterocycles. The molecule has 0 radical (unpaired) electrons. The first-order chi connectivity index (χ1) is 12.5. The number of hydrogen-bond donors (Lipinski definition) is 1. The summed E-state index contributed by atoms with van der Waals surface area (Å²) in [5.74, 6) is -0.252. The van der Waals surface area contributed by atoms with E-state index in [4.69, 9.17) is 23.2 Å². The van der Waals surface area contributed by atoms with Crippen molar-refractivity contribution in [3.8, 4) is 11.3 Å². The number of thiazole rings is 1. The van der Waals surface area contributed by atoms with Gasteiger partial charge in [-0.15, -0.1) is 11.3 Å². The van der Waals surface area contributed by atoms with Crippen LogP contribution in [0.1, 0.15) is 18.1 Å². The molecular weight excluding hydrogens is 387 g/mol. The first-order valence-corrected chi connectivity index (χ1v) is 9.67. The maximum absolute atomic E-state index is 12.1. The number of aromatic nitrogens is 1. The van der Waals surface area contributed by atoms with Crippen LogP contribution in [-0.2, 0) is 11.2 Å². The fourth-order valence-corrected chi connectivity index (χ4v) is 3.34. The van der Waals surface area contributed by atoms with Crippen LogP contribution >= 0.6 is 34.5 Å². The van der Waals surface area contributed by atoms with E-state index in [2.05, 4.69) is 29.4 Å². The second-order valence-corrected chi connectivity index (χ2v) is 7.26. The Bertz CT molecular complexity index is 949. The highest BCUT2D eigenvalue weighted by Crippen LogP contribution is 2.26. The zero-order valence-electron chi connectivity index (χ0n) is 14.0. The summed E-state index contributed by atoms with van der Waals surface area (Å²) in [6.45, 7) is 2.12. The van der Waals surface area contributed by atoms with Gasteiger partial charge in [-0.05, 0) is 35.8 Å². The van der Waals surface area contributed by atoms with Gasteiger partial charge in [0.25, 0.3) is 0 Å². The summed E-state index contributed by atoms with van der Waals surface area (Å²) in [6, 6.07) is 13.5. The third kappa shape index (κ3) is 4.73. The third-order valence-corrected chi connectivity index (χ3v) is 5.26. The predicted molar refractivity (Wildman–Crippen MR) is 111 cm³/mol. The summed E-state index contributed by atoms with van der Waals surface area (Å²) < 4.78 is 0. The number of benzene rings is 2. The van der Waals surface area contributed by atoms with Gasteiger partial charge in [-0.25, -0.2) is 4.98 Å². The maximum atomic E-state index is 12.1. The monoisotopic (exact) mass is 402 g/mol. The number of nitrogens with zero attached hydrogens (tertiary/aromatic N) is 1. The van der Waals surface area contributed by atoms with Gasteiger partial charge in [-0.1, -0.05) is 60.5 Å². The van der Waals surface area contributed by atoms with Crippen molar-refractivity contribution in [2.45, 2.75) is 13.3 Å². The van der Waals surface area contributed by atoms with Crippen LogP contribution in [0.15, 0.2) is 53.9 Å². The molecule has 3 aromatic rings. The van der Waals surface area contributed by atoms with Gasteiger partial charge in [0.2, 0.25) is 5.91 Å². The summed E-state index contributed by atoms with van der Waals surface area (Å²) in [5, 5.41) is 6.20. The Morgan fingerprint density at radius 2 is 1.92 bits per heavy atom. The van der Waals surface area contributed by atoms with Gasteiger partial charge in [-0.3, -0.25) is 10.1 Å². The number of carbonyl (C=O) groups is 1. The number of anilines is 1. The van der Waals surface area contributed by atoms with Crippen molar-refractivity contribution in [2.75, 3.05) is 5.32 Å². The van der Waals surface area contributed by atoms with Gasteiger partial charge in [0.05, 0.1) is 15.7 Å². The lowest BCUT2D eigenvalue weighted by Gasteiger charge is -2.00. The minimum Gasteiger partial charge on any atom is -0.298 e. The van der Waals surface area contributed by atoms with E-state index in [0.717, 1.165) is 23.2 Å². The second-order valence-electron chi connectivity index (χ2n) is 5.58. The molecule has 0 fully saturated rings. The quantitative estimate of drug-likeness (QED) is 0.506. The molecule has 0 atom stereocenters. The van der Waals surface area contributed by atoms with Crippen molar-refractivity contribution in [1.82, 2.24) is 4.98 Å². The van der Waals surface area contributed by atoms with Crippen molar-refractivity contribution < 1.29 is 4.79 Å². The summed E-state index contributed by atoms with van der Waals surface area (Å²) in [6.07, 6.45) is 4.12. The molecule has 3 nitrogen and oxygen atoms in total. The van der Waals surface area contributed by atoms with Gasteiger partial charge in [0.15, 0.2) is 5.13 Å². The second kappa shape index (κ2) is 8.49. The van der Waals surface area contributed by atoms with Crippen LogP contribution < -0.4 is 5.32 Å². The van der Waals surface area contributed by atoms with Gasteiger partial charge in [0, 0.05) is 17.0 Å². The smallest absolute Gasteiger partial charge is 0.250 e. The SMILES string of the molecule is CCc1ccc(-c2csc(NC(=O)/C=C/c3ccc(Cl)c(Cl)c3)n2)cc1. The van der Waals surface area contributed by atoms with E-state index >= 15 is 0 Å². The number of halogens is 2. The zero-order valence-corrected chi connectivity index (χ0v) is 16.3. The number of aryl methyl sites for hydroxylation is 1. The standard InChI is InChI=1S/C20H16Cl2N2OS/c1-2-13-3-7-15(8-4-13)18-12-26-20(23-18)24-19(25)10-6-14-5-9-16(21)17(22)11-14/h3-12H,2H2,1H3,(H,23,24,25)/b10-6+. The number of rotatable bonds is 5. The van der Waals surface area contributed by atoms with E-state index in [1.807, 2.05) is 17.5 Å². The van der Waals surface area contributed by atoms with E-state index in [0.29, 0.717) is 15.2 Å². The van der Waals surface area contributed by atoms with Gasteiger partial charge < -0.3 is 0 Å². The first kappa shape index (κ1) is 18.6. The Balaban J connectivity index is 1.65. The molecule has 26 heavy (non-hydrogen) atoms. The highest BCUT2D eigenvalue weighted by atomic mass is 35.5. The van der Waals surface area contributed by atoms with Crippen molar-refractivity contribution >= 4 is 51.7 Å². The van der Waals surface area contributed by atoms with Crippen LogP contribution in [0.2, 0.25) is 10.0 Å². The largest absolute Gasteiger partial charge is 0.298 e. The summed E-state index contributed by atoms with van der Waals surface area (Å²) >= 11 is 13.2. The first-order valence-electron chi connectivity index (χ1n) is 8.04. The number of amides is 1. The fraction of sp³-hybridized carbons (Fsp3) is 0.100. The molecule has 0 aliphatic rings. The molecule has 0 saturated carbocycles. The third-order valence-electron chi connectivity index (χ3n) is 3.76. The molecule has 0 unspecified atom stereocenters. The van der Waals surface area contributed by atoms with E-state index in [-0.39, 0.29) is 5.91 Å². The molecule has 1 amide bonds. The Kier molecular flexibility index (Phi) is 6.09. The predicted octanol–water partition coefficient (Wildman–Crippen LogP) is 6.33. The van der Waals surface area contributed by atoms with Crippen LogP contribution in [0.5, 0.6) is 0 Å². The van der Waals surface area contributed by atoms with Crippen molar-refractivity contribution in [2.24, 2.45) is 0 Å². The van der Waals surface area contributed by atoms with E-state index < -0.39 is 0 Å².